The molecule has 176 valence electrons. The predicted octanol–water partition coefficient (Wildman–Crippen LogP) is 2.83. The zero-order valence-corrected chi connectivity index (χ0v) is 19.2. The molecule has 2 fully saturated rings. The summed E-state index contributed by atoms with van der Waals surface area (Å²) in [7, 11) is -3.56. The molecule has 34 heavy (non-hydrogen) atoms. The van der Waals surface area contributed by atoms with Gasteiger partial charge in [-0.2, -0.15) is 0 Å². The Balaban J connectivity index is 1.36. The number of ether oxygens (including phenoxy) is 1. The van der Waals surface area contributed by atoms with Crippen molar-refractivity contribution in [2.75, 3.05) is 6.61 Å². The van der Waals surface area contributed by atoms with E-state index in [1.54, 1.807) is 12.1 Å². The Labute approximate surface area is 195 Å². The first-order valence-corrected chi connectivity index (χ1v) is 12.5. The molecule has 2 aromatic heterocycles. The van der Waals surface area contributed by atoms with Gasteiger partial charge >= 0.3 is 0 Å². The molecule has 0 atom stereocenters. The molecule has 0 unspecified atom stereocenters. The van der Waals surface area contributed by atoms with Crippen LogP contribution in [0.3, 0.4) is 0 Å². The molecular formula is C23H22FN5O4S. The number of sulfone groups is 1. The summed E-state index contributed by atoms with van der Waals surface area (Å²) >= 11 is 0. The summed E-state index contributed by atoms with van der Waals surface area (Å²) in [6.07, 6.45) is 6.68. The molecule has 9 nitrogen and oxygen atoms in total. The number of halogens is 1. The number of nitrogens with one attached hydrogen (secondary N) is 1. The van der Waals surface area contributed by atoms with Gasteiger partial charge in [-0.05, 0) is 50.8 Å². The van der Waals surface area contributed by atoms with Crippen molar-refractivity contribution in [2.45, 2.75) is 48.6 Å². The number of rotatable bonds is 8. The fourth-order valence-corrected chi connectivity index (χ4v) is 5.18. The van der Waals surface area contributed by atoms with Crippen molar-refractivity contribution in [1.82, 2.24) is 25.3 Å². The zero-order chi connectivity index (χ0) is 23.9. The SMILES string of the molecule is CCOc1cncc(-c2ccc(C(=O)NC3(c4ccnc(S(=O)(=O)C5CC5)n4)CC3)c(F)c2)n1. The number of benzene rings is 1. The van der Waals surface area contributed by atoms with Gasteiger partial charge in [0.25, 0.3) is 5.91 Å². The largest absolute Gasteiger partial charge is 0.477 e. The van der Waals surface area contributed by atoms with Crippen LogP contribution in [0.2, 0.25) is 0 Å². The van der Waals surface area contributed by atoms with Crippen molar-refractivity contribution in [3.63, 3.8) is 0 Å². The summed E-state index contributed by atoms with van der Waals surface area (Å²) in [5.74, 6) is -0.999. The lowest BCUT2D eigenvalue weighted by Crippen LogP contribution is -2.36. The average Bonchev–Trinajstić information content (AvgIpc) is 3.74. The highest BCUT2D eigenvalue weighted by Crippen LogP contribution is 2.45. The Bertz CT molecular complexity index is 1370. The first-order valence-electron chi connectivity index (χ1n) is 11.0. The normalized spacial score (nSPS) is 16.6. The molecule has 5 rings (SSSR count). The van der Waals surface area contributed by atoms with Gasteiger partial charge in [0.1, 0.15) is 5.82 Å². The van der Waals surface area contributed by atoms with Crippen molar-refractivity contribution in [1.29, 1.82) is 0 Å². The highest BCUT2D eigenvalue weighted by Gasteiger charge is 2.48. The maximum Gasteiger partial charge on any atom is 0.255 e. The molecule has 3 aromatic rings. The van der Waals surface area contributed by atoms with Crippen LogP contribution >= 0.6 is 0 Å². The van der Waals surface area contributed by atoms with Gasteiger partial charge in [0, 0.05) is 11.8 Å². The van der Waals surface area contributed by atoms with E-state index in [1.807, 2.05) is 6.92 Å². The first kappa shape index (κ1) is 22.3. The van der Waals surface area contributed by atoms with E-state index in [9.17, 15) is 17.6 Å². The first-order chi connectivity index (χ1) is 16.3. The topological polar surface area (TPSA) is 124 Å². The quantitative estimate of drug-likeness (QED) is 0.485. The van der Waals surface area contributed by atoms with Gasteiger partial charge in [-0.3, -0.25) is 9.78 Å². The number of carbonyl (C=O) groups excluding carboxylic acids is 1. The fraction of sp³-hybridized carbons (Fsp3) is 0.348. The Hall–Kier alpha value is -3.47. The Morgan fingerprint density at radius 2 is 2.00 bits per heavy atom. The van der Waals surface area contributed by atoms with Crippen molar-refractivity contribution >= 4 is 15.7 Å². The fourth-order valence-electron chi connectivity index (χ4n) is 3.69. The Kier molecular flexibility index (Phi) is 5.51. The number of amides is 1. The number of aromatic nitrogens is 4. The van der Waals surface area contributed by atoms with Crippen molar-refractivity contribution < 1.29 is 22.3 Å². The van der Waals surface area contributed by atoms with Crippen LogP contribution in [0.4, 0.5) is 4.39 Å². The second-order valence-electron chi connectivity index (χ2n) is 8.38. The van der Waals surface area contributed by atoms with E-state index in [0.29, 0.717) is 55.1 Å². The second kappa shape index (κ2) is 8.39. The third kappa shape index (κ3) is 4.23. The molecule has 2 heterocycles. The van der Waals surface area contributed by atoms with Gasteiger partial charge in [-0.25, -0.2) is 27.8 Å². The summed E-state index contributed by atoms with van der Waals surface area (Å²) in [6, 6.07) is 5.78. The van der Waals surface area contributed by atoms with Crippen LogP contribution in [0.1, 0.15) is 48.7 Å². The molecule has 0 bridgehead atoms. The number of hydrogen-bond acceptors (Lipinski definition) is 8. The molecule has 2 aliphatic carbocycles. The summed E-state index contributed by atoms with van der Waals surface area (Å²) in [5.41, 5.74) is 0.311. The Morgan fingerprint density at radius 3 is 2.68 bits per heavy atom. The number of carbonyl (C=O) groups is 1. The highest BCUT2D eigenvalue weighted by molar-refractivity contribution is 7.92. The van der Waals surface area contributed by atoms with E-state index in [-0.39, 0.29) is 10.7 Å². The molecule has 11 heteroatoms. The standard InChI is InChI=1S/C23H22FN5O4S/c1-2-33-20-13-25-12-18(27-20)14-3-6-16(17(24)11-14)21(30)29-23(8-9-23)19-7-10-26-22(28-19)34(31,32)15-4-5-15/h3,6-7,10-13,15H,2,4-5,8-9H2,1H3,(H,29,30). The monoisotopic (exact) mass is 483 g/mol. The van der Waals surface area contributed by atoms with Crippen molar-refractivity contribution in [3.05, 3.63) is 59.9 Å². The highest BCUT2D eigenvalue weighted by atomic mass is 32.2. The van der Waals surface area contributed by atoms with E-state index in [1.165, 1.54) is 30.7 Å². The average molecular weight is 484 g/mol. The summed E-state index contributed by atoms with van der Waals surface area (Å²) < 4.78 is 45.3. The maximum atomic E-state index is 14.9. The van der Waals surface area contributed by atoms with Gasteiger partial charge in [0.15, 0.2) is 0 Å². The van der Waals surface area contributed by atoms with Crippen LogP contribution in [-0.4, -0.2) is 46.1 Å². The zero-order valence-electron chi connectivity index (χ0n) is 18.4. The lowest BCUT2D eigenvalue weighted by atomic mass is 10.1. The van der Waals surface area contributed by atoms with Crippen LogP contribution in [0.5, 0.6) is 5.88 Å². The molecule has 2 saturated carbocycles. The van der Waals surface area contributed by atoms with Gasteiger partial charge < -0.3 is 10.1 Å². The molecule has 1 N–H and O–H groups in total. The smallest absolute Gasteiger partial charge is 0.255 e. The minimum Gasteiger partial charge on any atom is -0.477 e. The van der Waals surface area contributed by atoms with E-state index in [4.69, 9.17) is 4.74 Å². The molecule has 0 aliphatic heterocycles. The Morgan fingerprint density at radius 1 is 1.21 bits per heavy atom. The molecule has 2 aliphatic rings. The van der Waals surface area contributed by atoms with Crippen LogP contribution in [0, 0.1) is 5.82 Å². The van der Waals surface area contributed by atoms with Gasteiger partial charge in [-0.1, -0.05) is 6.07 Å². The summed E-state index contributed by atoms with van der Waals surface area (Å²) in [5, 5.41) is 2.18. The van der Waals surface area contributed by atoms with Crippen LogP contribution in [0.25, 0.3) is 11.3 Å². The van der Waals surface area contributed by atoms with Gasteiger partial charge in [0.2, 0.25) is 20.9 Å². The van der Waals surface area contributed by atoms with E-state index < -0.39 is 32.4 Å². The lowest BCUT2D eigenvalue weighted by molar-refractivity contribution is 0.0925. The van der Waals surface area contributed by atoms with E-state index in [2.05, 4.69) is 25.3 Å². The molecule has 0 radical (unpaired) electrons. The minimum atomic E-state index is -3.56. The molecule has 0 saturated heterocycles. The van der Waals surface area contributed by atoms with Crippen LogP contribution in [0.15, 0.2) is 48.0 Å². The van der Waals surface area contributed by atoms with Gasteiger partial charge in [0.05, 0.1) is 46.7 Å². The predicted molar refractivity (Wildman–Crippen MR) is 119 cm³/mol. The van der Waals surface area contributed by atoms with Crippen molar-refractivity contribution in [3.8, 4) is 17.1 Å². The van der Waals surface area contributed by atoms with E-state index >= 15 is 0 Å². The third-order valence-corrected chi connectivity index (χ3v) is 7.91. The lowest BCUT2D eigenvalue weighted by Gasteiger charge is -2.18. The van der Waals surface area contributed by atoms with Crippen molar-refractivity contribution in [2.24, 2.45) is 0 Å². The second-order valence-corrected chi connectivity index (χ2v) is 10.5. The van der Waals surface area contributed by atoms with E-state index in [0.717, 1.165) is 0 Å². The molecule has 1 amide bonds. The molecular weight excluding hydrogens is 461 g/mol. The molecule has 1 aromatic carbocycles. The van der Waals surface area contributed by atoms with Gasteiger partial charge in [-0.15, -0.1) is 0 Å². The maximum absolute atomic E-state index is 14.9. The minimum absolute atomic E-state index is 0.135. The summed E-state index contributed by atoms with van der Waals surface area (Å²) in [6.45, 7) is 2.25. The number of nitrogens with zero attached hydrogens (tertiary/aromatic N) is 4. The number of hydrogen-bond donors (Lipinski definition) is 1. The summed E-state index contributed by atoms with van der Waals surface area (Å²) in [4.78, 5) is 29.4. The third-order valence-electron chi connectivity index (χ3n) is 5.86. The van der Waals surface area contributed by atoms with Crippen LogP contribution < -0.4 is 10.1 Å². The molecule has 0 spiro atoms. The van der Waals surface area contributed by atoms with Crippen LogP contribution in [-0.2, 0) is 15.4 Å².